The van der Waals surface area contributed by atoms with Crippen LogP contribution in [0.15, 0.2) is 53.4 Å². The van der Waals surface area contributed by atoms with Crippen molar-refractivity contribution in [3.05, 3.63) is 54.1 Å². The summed E-state index contributed by atoms with van der Waals surface area (Å²) >= 11 is 1.40. The molecular weight excluding hydrogens is 374 g/mol. The third-order valence-corrected chi connectivity index (χ3v) is 5.83. The van der Waals surface area contributed by atoms with Gasteiger partial charge in [-0.3, -0.25) is 14.4 Å². The van der Waals surface area contributed by atoms with Crippen molar-refractivity contribution in [2.24, 2.45) is 0 Å². The monoisotopic (exact) mass is 397 g/mol. The highest BCUT2D eigenvalue weighted by Gasteiger charge is 2.29. The van der Waals surface area contributed by atoms with Gasteiger partial charge in [0.15, 0.2) is 0 Å². The maximum absolute atomic E-state index is 12.6. The molecule has 0 saturated carbocycles. The zero-order valence-electron chi connectivity index (χ0n) is 15.9. The number of thioether (sulfide) groups is 1. The van der Waals surface area contributed by atoms with Gasteiger partial charge < -0.3 is 15.5 Å². The van der Waals surface area contributed by atoms with E-state index in [0.717, 1.165) is 16.1 Å². The predicted molar refractivity (Wildman–Crippen MR) is 111 cm³/mol. The van der Waals surface area contributed by atoms with E-state index in [9.17, 15) is 14.4 Å². The van der Waals surface area contributed by atoms with Gasteiger partial charge in [-0.25, -0.2) is 0 Å². The Labute approximate surface area is 168 Å². The lowest BCUT2D eigenvalue weighted by atomic mass is 10.1. The lowest BCUT2D eigenvalue weighted by molar-refractivity contribution is -0.129. The highest BCUT2D eigenvalue weighted by Crippen LogP contribution is 2.36. The minimum atomic E-state index is -0.480. The van der Waals surface area contributed by atoms with Gasteiger partial charge in [0.1, 0.15) is 0 Å². The molecule has 2 aromatic rings. The van der Waals surface area contributed by atoms with E-state index in [1.54, 1.807) is 4.90 Å². The van der Waals surface area contributed by atoms with Crippen LogP contribution in [0.4, 0.5) is 11.4 Å². The minimum absolute atomic E-state index is 0.0161. The topological polar surface area (TPSA) is 78.5 Å². The standard InChI is InChI=1S/C21H23N3O3S/c1-3-24(14(2)25)13-15-8-4-5-9-16(15)22-20(26)12-19-21(27)23-17-10-6-7-11-18(17)28-19/h4-11,19H,3,12-13H2,1-2H3,(H,22,26)(H,23,27). The summed E-state index contributed by atoms with van der Waals surface area (Å²) in [5, 5.41) is 5.27. The van der Waals surface area contributed by atoms with E-state index < -0.39 is 5.25 Å². The Bertz CT molecular complexity index is 900. The molecule has 3 rings (SSSR count). The number of hydrogen-bond acceptors (Lipinski definition) is 4. The van der Waals surface area contributed by atoms with Crippen LogP contribution in [0.3, 0.4) is 0 Å². The summed E-state index contributed by atoms with van der Waals surface area (Å²) in [5.74, 6) is -0.413. The molecule has 3 amide bonds. The van der Waals surface area contributed by atoms with E-state index in [4.69, 9.17) is 0 Å². The number of carbonyl (C=O) groups excluding carboxylic acids is 3. The molecule has 0 aliphatic carbocycles. The van der Waals surface area contributed by atoms with Crippen LogP contribution in [-0.4, -0.2) is 34.4 Å². The summed E-state index contributed by atoms with van der Waals surface area (Å²) in [6, 6.07) is 15.0. The molecule has 0 radical (unpaired) electrons. The Morgan fingerprint density at radius 2 is 1.86 bits per heavy atom. The number of para-hydroxylation sites is 2. The van der Waals surface area contributed by atoms with Crippen LogP contribution >= 0.6 is 11.8 Å². The number of amides is 3. The van der Waals surface area contributed by atoms with Gasteiger partial charge in [-0.2, -0.15) is 0 Å². The van der Waals surface area contributed by atoms with Crippen molar-refractivity contribution in [2.45, 2.75) is 37.0 Å². The molecule has 0 aromatic heterocycles. The van der Waals surface area contributed by atoms with Crippen LogP contribution < -0.4 is 10.6 Å². The van der Waals surface area contributed by atoms with Gasteiger partial charge in [-0.15, -0.1) is 11.8 Å². The number of anilines is 2. The average molecular weight is 398 g/mol. The van der Waals surface area contributed by atoms with E-state index in [2.05, 4.69) is 10.6 Å². The first-order valence-electron chi connectivity index (χ1n) is 9.17. The maximum atomic E-state index is 12.6. The van der Waals surface area contributed by atoms with Gasteiger partial charge in [0.25, 0.3) is 0 Å². The summed E-state index contributed by atoms with van der Waals surface area (Å²) in [6.45, 7) is 4.46. The SMILES string of the molecule is CCN(Cc1ccccc1NC(=O)CC1Sc2ccccc2NC1=O)C(C)=O. The fourth-order valence-corrected chi connectivity index (χ4v) is 4.14. The molecule has 1 aliphatic rings. The van der Waals surface area contributed by atoms with E-state index >= 15 is 0 Å². The van der Waals surface area contributed by atoms with Crippen LogP contribution in [0, 0.1) is 0 Å². The van der Waals surface area contributed by atoms with Crippen LogP contribution in [0.25, 0.3) is 0 Å². The summed E-state index contributed by atoms with van der Waals surface area (Å²) in [7, 11) is 0. The third kappa shape index (κ3) is 4.72. The lowest BCUT2D eigenvalue weighted by Gasteiger charge is -2.24. The van der Waals surface area contributed by atoms with E-state index in [0.29, 0.717) is 18.8 Å². The summed E-state index contributed by atoms with van der Waals surface area (Å²) in [4.78, 5) is 39.3. The van der Waals surface area contributed by atoms with Gasteiger partial charge in [0.05, 0.1) is 10.9 Å². The molecular formula is C21H23N3O3S. The fourth-order valence-electron chi connectivity index (χ4n) is 3.03. The molecule has 0 bridgehead atoms. The summed E-state index contributed by atoms with van der Waals surface area (Å²) in [5.41, 5.74) is 2.30. The number of hydrogen-bond donors (Lipinski definition) is 2. The lowest BCUT2D eigenvalue weighted by Crippen LogP contribution is -2.32. The van der Waals surface area contributed by atoms with E-state index in [1.165, 1.54) is 18.7 Å². The molecule has 0 saturated heterocycles. The van der Waals surface area contributed by atoms with Crippen molar-refractivity contribution in [1.82, 2.24) is 4.90 Å². The number of benzene rings is 2. The first-order valence-corrected chi connectivity index (χ1v) is 10.1. The summed E-state index contributed by atoms with van der Waals surface area (Å²) < 4.78 is 0. The van der Waals surface area contributed by atoms with Crippen molar-refractivity contribution in [2.75, 3.05) is 17.2 Å². The van der Waals surface area contributed by atoms with Crippen LogP contribution in [0.1, 0.15) is 25.8 Å². The molecule has 6 nitrogen and oxygen atoms in total. The molecule has 146 valence electrons. The Hall–Kier alpha value is -2.80. The Morgan fingerprint density at radius 1 is 1.14 bits per heavy atom. The zero-order chi connectivity index (χ0) is 20.1. The van der Waals surface area contributed by atoms with Crippen LogP contribution in [0.2, 0.25) is 0 Å². The predicted octanol–water partition coefficient (Wildman–Crippen LogP) is 3.50. The molecule has 1 unspecified atom stereocenters. The molecule has 0 spiro atoms. The fraction of sp³-hybridized carbons (Fsp3) is 0.286. The van der Waals surface area contributed by atoms with Gasteiger partial charge in [-0.05, 0) is 30.7 Å². The Morgan fingerprint density at radius 3 is 2.61 bits per heavy atom. The quantitative estimate of drug-likeness (QED) is 0.782. The van der Waals surface area contributed by atoms with Gasteiger partial charge >= 0.3 is 0 Å². The number of carbonyl (C=O) groups is 3. The van der Waals surface area contributed by atoms with Crippen molar-refractivity contribution in [3.63, 3.8) is 0 Å². The number of nitrogens with one attached hydrogen (secondary N) is 2. The van der Waals surface area contributed by atoms with Gasteiger partial charge in [0.2, 0.25) is 17.7 Å². The smallest absolute Gasteiger partial charge is 0.238 e. The van der Waals surface area contributed by atoms with Crippen LogP contribution in [0.5, 0.6) is 0 Å². The van der Waals surface area contributed by atoms with Crippen LogP contribution in [-0.2, 0) is 20.9 Å². The van der Waals surface area contributed by atoms with Crippen molar-refractivity contribution in [1.29, 1.82) is 0 Å². The number of rotatable bonds is 6. The highest BCUT2D eigenvalue weighted by atomic mass is 32.2. The average Bonchev–Trinajstić information content (AvgIpc) is 2.67. The first-order chi connectivity index (χ1) is 13.5. The van der Waals surface area contributed by atoms with E-state index in [-0.39, 0.29) is 24.1 Å². The zero-order valence-corrected chi connectivity index (χ0v) is 16.7. The molecule has 0 fully saturated rings. The molecule has 28 heavy (non-hydrogen) atoms. The van der Waals surface area contributed by atoms with E-state index in [1.807, 2.05) is 55.5 Å². The maximum Gasteiger partial charge on any atom is 0.238 e. The third-order valence-electron chi connectivity index (χ3n) is 4.56. The molecule has 1 aliphatic heterocycles. The molecule has 2 aromatic carbocycles. The second-order valence-electron chi connectivity index (χ2n) is 6.53. The molecule has 2 N–H and O–H groups in total. The highest BCUT2D eigenvalue weighted by molar-refractivity contribution is 8.01. The molecule has 1 heterocycles. The van der Waals surface area contributed by atoms with Crippen molar-refractivity contribution < 1.29 is 14.4 Å². The second kappa shape index (κ2) is 8.93. The molecule has 7 heteroatoms. The largest absolute Gasteiger partial charge is 0.339 e. The minimum Gasteiger partial charge on any atom is -0.339 e. The van der Waals surface area contributed by atoms with Crippen molar-refractivity contribution in [3.8, 4) is 0 Å². The molecule has 1 atom stereocenters. The van der Waals surface area contributed by atoms with Gasteiger partial charge in [-0.1, -0.05) is 30.3 Å². The van der Waals surface area contributed by atoms with Crippen molar-refractivity contribution >= 4 is 40.9 Å². The Balaban J connectivity index is 1.67. The Kier molecular flexibility index (Phi) is 6.36. The second-order valence-corrected chi connectivity index (χ2v) is 7.78. The number of fused-ring (bicyclic) bond motifs is 1. The van der Waals surface area contributed by atoms with Gasteiger partial charge in [0, 0.05) is 37.0 Å². The first kappa shape index (κ1) is 19.9. The number of nitrogens with zero attached hydrogens (tertiary/aromatic N) is 1. The summed E-state index contributed by atoms with van der Waals surface area (Å²) in [6.07, 6.45) is 0.0728. The normalized spacial score (nSPS) is 15.4.